The van der Waals surface area contributed by atoms with Crippen LogP contribution in [0.2, 0.25) is 0 Å². The van der Waals surface area contributed by atoms with Crippen LogP contribution in [0.15, 0.2) is 16.5 Å². The molecule has 108 valence electrons. The molecule has 1 rings (SSSR count). The lowest BCUT2D eigenvalue weighted by molar-refractivity contribution is -0.140. The van der Waals surface area contributed by atoms with E-state index in [0.717, 1.165) is 0 Å². The van der Waals surface area contributed by atoms with Crippen molar-refractivity contribution < 1.29 is 23.1 Å². The van der Waals surface area contributed by atoms with Gasteiger partial charge in [-0.2, -0.15) is 8.78 Å². The van der Waals surface area contributed by atoms with E-state index in [1.54, 1.807) is 26.0 Å². The number of halogens is 2. The van der Waals surface area contributed by atoms with E-state index in [0.29, 0.717) is 23.3 Å². The molecule has 0 amide bonds. The summed E-state index contributed by atoms with van der Waals surface area (Å²) in [5.41, 5.74) is 0. The van der Waals surface area contributed by atoms with Crippen LogP contribution in [0.1, 0.15) is 25.4 Å². The highest BCUT2D eigenvalue weighted by Gasteiger charge is 2.20. The highest BCUT2D eigenvalue weighted by molar-refractivity contribution is 7.98. The predicted octanol–water partition coefficient (Wildman–Crippen LogP) is 2.93. The van der Waals surface area contributed by atoms with E-state index in [4.69, 9.17) is 9.52 Å². The van der Waals surface area contributed by atoms with Crippen molar-refractivity contribution in [1.82, 2.24) is 5.32 Å². The first-order chi connectivity index (χ1) is 8.90. The Bertz CT molecular complexity index is 409. The van der Waals surface area contributed by atoms with Crippen LogP contribution < -0.4 is 5.32 Å². The van der Waals surface area contributed by atoms with Gasteiger partial charge >= 0.3 is 5.97 Å². The molecule has 4 nitrogen and oxygen atoms in total. The summed E-state index contributed by atoms with van der Waals surface area (Å²) in [6.07, 6.45) is 0. The molecule has 0 saturated heterocycles. The summed E-state index contributed by atoms with van der Waals surface area (Å²) in [5, 5.41) is 11.9. The number of rotatable bonds is 8. The van der Waals surface area contributed by atoms with Gasteiger partial charge in [-0.05, 0) is 18.1 Å². The number of hydrogen-bond donors (Lipinski definition) is 2. The normalized spacial score (nSPS) is 13.2. The molecular weight excluding hydrogens is 276 g/mol. The van der Waals surface area contributed by atoms with Gasteiger partial charge in [0.15, 0.2) is 0 Å². The van der Waals surface area contributed by atoms with Crippen LogP contribution in [0.25, 0.3) is 0 Å². The molecule has 0 aliphatic carbocycles. The van der Waals surface area contributed by atoms with Crippen molar-refractivity contribution in [2.45, 2.75) is 37.9 Å². The summed E-state index contributed by atoms with van der Waals surface area (Å²) in [5.74, 6) is -2.31. The fourth-order valence-electron chi connectivity index (χ4n) is 1.56. The van der Waals surface area contributed by atoms with Gasteiger partial charge in [0.2, 0.25) is 0 Å². The van der Waals surface area contributed by atoms with Gasteiger partial charge < -0.3 is 9.52 Å². The molecule has 0 fully saturated rings. The Hall–Kier alpha value is -1.08. The maximum atomic E-state index is 12.0. The maximum Gasteiger partial charge on any atom is 0.320 e. The second-order valence-corrected chi connectivity index (χ2v) is 5.36. The molecule has 1 unspecified atom stereocenters. The van der Waals surface area contributed by atoms with Crippen molar-refractivity contribution in [1.29, 1.82) is 0 Å². The van der Waals surface area contributed by atoms with Crippen LogP contribution in [0.3, 0.4) is 0 Å². The number of aliphatic carboxylic acids is 1. The van der Waals surface area contributed by atoms with Crippen molar-refractivity contribution in [3.05, 3.63) is 23.7 Å². The molecular formula is C12H17F2NO3S. The molecule has 0 aliphatic heterocycles. The first kappa shape index (κ1) is 16.0. The molecule has 7 heteroatoms. The number of carboxylic acid groups (broad SMARTS) is 1. The second-order valence-electron chi connectivity index (χ2n) is 4.38. The molecule has 1 atom stereocenters. The van der Waals surface area contributed by atoms with E-state index in [2.05, 4.69) is 5.32 Å². The van der Waals surface area contributed by atoms with Crippen molar-refractivity contribution in [3.63, 3.8) is 0 Å². The molecule has 0 spiro atoms. The van der Waals surface area contributed by atoms with Crippen LogP contribution in [-0.2, 0) is 17.1 Å². The third-order valence-corrected chi connectivity index (χ3v) is 3.20. The van der Waals surface area contributed by atoms with Gasteiger partial charge in [0.1, 0.15) is 17.6 Å². The third-order valence-electron chi connectivity index (χ3n) is 2.50. The zero-order valence-electron chi connectivity index (χ0n) is 10.7. The number of carbonyl (C=O) groups is 1. The summed E-state index contributed by atoms with van der Waals surface area (Å²) in [6, 6.07) is 2.62. The van der Waals surface area contributed by atoms with Gasteiger partial charge in [-0.15, -0.1) is 0 Å². The Morgan fingerprint density at radius 1 is 1.42 bits per heavy atom. The first-order valence-corrected chi connectivity index (χ1v) is 6.88. The number of furan rings is 1. The maximum absolute atomic E-state index is 12.0. The van der Waals surface area contributed by atoms with Crippen molar-refractivity contribution >= 4 is 17.7 Å². The largest absolute Gasteiger partial charge is 0.480 e. The van der Waals surface area contributed by atoms with Gasteiger partial charge in [0.25, 0.3) is 5.76 Å². The smallest absolute Gasteiger partial charge is 0.320 e. The predicted molar refractivity (Wildman–Crippen MR) is 69.1 cm³/mol. The summed E-state index contributed by atoms with van der Waals surface area (Å²) in [6.45, 7) is 3.87. The molecule has 0 saturated carbocycles. The zero-order valence-corrected chi connectivity index (χ0v) is 11.5. The van der Waals surface area contributed by atoms with Gasteiger partial charge in [0.05, 0.1) is 12.3 Å². The van der Waals surface area contributed by atoms with E-state index in [1.807, 2.05) is 0 Å². The van der Waals surface area contributed by atoms with Gasteiger partial charge in [-0.3, -0.25) is 10.1 Å². The van der Waals surface area contributed by atoms with E-state index >= 15 is 0 Å². The van der Waals surface area contributed by atoms with Gasteiger partial charge in [-0.25, -0.2) is 0 Å². The quantitative estimate of drug-likeness (QED) is 0.771. The molecule has 1 aromatic rings. The monoisotopic (exact) mass is 293 g/mol. The van der Waals surface area contributed by atoms with Crippen LogP contribution in [0, 0.1) is 5.92 Å². The number of alkyl halides is 2. The summed E-state index contributed by atoms with van der Waals surface area (Å²) in [4.78, 5) is 11.0. The molecule has 0 aromatic carbocycles. The summed E-state index contributed by atoms with van der Waals surface area (Å²) < 4.78 is 29.3. The molecule has 0 radical (unpaired) electrons. The molecule has 2 N–H and O–H groups in total. The lowest BCUT2D eigenvalue weighted by atomic mass is 10.1. The molecule has 1 heterocycles. The van der Waals surface area contributed by atoms with Crippen LogP contribution in [0.5, 0.6) is 0 Å². The van der Waals surface area contributed by atoms with Crippen LogP contribution >= 0.6 is 11.8 Å². The lowest BCUT2D eigenvalue weighted by Crippen LogP contribution is -2.40. The Labute approximate surface area is 114 Å². The van der Waals surface area contributed by atoms with Crippen molar-refractivity contribution in [2.24, 2.45) is 5.92 Å². The zero-order chi connectivity index (χ0) is 14.4. The average Bonchev–Trinajstić information content (AvgIpc) is 2.73. The Balaban J connectivity index is 2.47. The summed E-state index contributed by atoms with van der Waals surface area (Å²) >= 11 is 0.490. The molecule has 1 aromatic heterocycles. The number of hydrogen-bond acceptors (Lipinski definition) is 4. The first-order valence-electron chi connectivity index (χ1n) is 5.83. The van der Waals surface area contributed by atoms with Crippen LogP contribution in [0.4, 0.5) is 8.78 Å². The molecule has 0 bridgehead atoms. The number of thioether (sulfide) groups is 1. The summed E-state index contributed by atoms with van der Waals surface area (Å²) in [7, 11) is 0. The van der Waals surface area contributed by atoms with Crippen LogP contribution in [-0.4, -0.2) is 22.9 Å². The minimum atomic E-state index is -2.43. The molecule has 19 heavy (non-hydrogen) atoms. The fourth-order valence-corrected chi connectivity index (χ4v) is 2.00. The van der Waals surface area contributed by atoms with Crippen molar-refractivity contribution in [2.75, 3.05) is 0 Å². The Kier molecular flexibility index (Phi) is 6.30. The lowest BCUT2D eigenvalue weighted by Gasteiger charge is -2.16. The minimum absolute atomic E-state index is 0.0543. The minimum Gasteiger partial charge on any atom is -0.480 e. The third kappa shape index (κ3) is 5.61. The molecule has 0 aliphatic rings. The number of nitrogens with one attached hydrogen (secondary N) is 1. The van der Waals surface area contributed by atoms with E-state index < -0.39 is 17.8 Å². The highest BCUT2D eigenvalue weighted by atomic mass is 32.2. The Morgan fingerprint density at radius 3 is 2.58 bits per heavy atom. The number of carboxylic acids is 1. The van der Waals surface area contributed by atoms with E-state index in [1.165, 1.54) is 0 Å². The Morgan fingerprint density at radius 2 is 2.05 bits per heavy atom. The topological polar surface area (TPSA) is 62.5 Å². The SMILES string of the molecule is CC(C)C(NCc1ccc(CSC(F)F)o1)C(=O)O. The second kappa shape index (κ2) is 7.49. The van der Waals surface area contributed by atoms with Crippen molar-refractivity contribution in [3.8, 4) is 0 Å². The van der Waals surface area contributed by atoms with Gasteiger partial charge in [0, 0.05) is 0 Å². The average molecular weight is 293 g/mol. The highest BCUT2D eigenvalue weighted by Crippen LogP contribution is 2.21. The van der Waals surface area contributed by atoms with E-state index in [9.17, 15) is 13.6 Å². The van der Waals surface area contributed by atoms with E-state index in [-0.39, 0.29) is 18.2 Å². The van der Waals surface area contributed by atoms with Gasteiger partial charge in [-0.1, -0.05) is 25.6 Å². The fraction of sp³-hybridized carbons (Fsp3) is 0.583. The standard InChI is InChI=1S/C12H17F2NO3S/c1-7(2)10(11(16)17)15-5-8-3-4-9(18-8)6-19-12(13)14/h3-4,7,10,12,15H,5-6H2,1-2H3,(H,16,17).